The smallest absolute Gasteiger partial charge is 0.242 e. The maximum atomic E-state index is 13.3. The molecule has 3 rings (SSSR count). The number of hydrogen-bond donors (Lipinski definition) is 2. The number of nitriles is 1. The molecule has 1 aromatic heterocycles. The molecule has 2 N–H and O–H groups in total. The molecule has 8 heteroatoms. The number of halogens is 1. The number of carbonyl (C=O) groups excluding carboxylic acids is 2. The summed E-state index contributed by atoms with van der Waals surface area (Å²) in [6.45, 7) is 1.67. The molecule has 30 heavy (non-hydrogen) atoms. The highest BCUT2D eigenvalue weighted by Gasteiger charge is 2.25. The lowest BCUT2D eigenvalue weighted by molar-refractivity contribution is -0.122. The van der Waals surface area contributed by atoms with Crippen molar-refractivity contribution in [3.63, 3.8) is 0 Å². The van der Waals surface area contributed by atoms with Crippen molar-refractivity contribution in [2.24, 2.45) is 0 Å². The van der Waals surface area contributed by atoms with Gasteiger partial charge in [0.2, 0.25) is 11.8 Å². The number of likely N-dealkylation sites (N-methyl/N-ethyl adjacent to an activating group) is 1. The number of nitrogens with zero attached hydrogens (tertiary/aromatic N) is 2. The fraction of sp³-hybridized carbons (Fsp3) is 0.409. The molecule has 6 nitrogen and oxygen atoms in total. The predicted molar refractivity (Wildman–Crippen MR) is 116 cm³/mol. The number of rotatable bonds is 6. The zero-order valence-corrected chi connectivity index (χ0v) is 17.9. The van der Waals surface area contributed by atoms with Crippen molar-refractivity contribution in [3.05, 3.63) is 46.1 Å². The van der Waals surface area contributed by atoms with E-state index in [1.165, 1.54) is 34.4 Å². The Morgan fingerprint density at radius 1 is 1.27 bits per heavy atom. The molecule has 1 heterocycles. The molecule has 1 aliphatic carbocycles. The molecule has 1 aliphatic rings. The number of fused-ring (bicyclic) bond motifs is 1. The lowest BCUT2D eigenvalue weighted by Crippen LogP contribution is -2.43. The zero-order valence-electron chi connectivity index (χ0n) is 17.1. The predicted octanol–water partition coefficient (Wildman–Crippen LogP) is 3.93. The monoisotopic (exact) mass is 428 g/mol. The van der Waals surface area contributed by atoms with Crippen LogP contribution in [0.4, 0.5) is 15.1 Å². The molecular formula is C22H25FN4O2S. The number of hydrogen-bond acceptors (Lipinski definition) is 5. The first-order valence-electron chi connectivity index (χ1n) is 10.00. The Morgan fingerprint density at radius 3 is 2.77 bits per heavy atom. The highest BCUT2D eigenvalue weighted by Crippen LogP contribution is 2.37. The molecule has 0 spiro atoms. The summed E-state index contributed by atoms with van der Waals surface area (Å²) < 4.78 is 13.3. The number of carbonyl (C=O) groups is 2. The van der Waals surface area contributed by atoms with E-state index in [9.17, 15) is 19.2 Å². The maximum absolute atomic E-state index is 13.3. The summed E-state index contributed by atoms with van der Waals surface area (Å²) in [6.07, 6.45) is 5.14. The molecule has 2 aromatic rings. The Kier molecular flexibility index (Phi) is 7.19. The van der Waals surface area contributed by atoms with Crippen LogP contribution in [0, 0.1) is 17.1 Å². The zero-order chi connectivity index (χ0) is 21.7. The molecule has 1 aromatic carbocycles. The number of benzene rings is 1. The van der Waals surface area contributed by atoms with Crippen LogP contribution >= 0.6 is 11.3 Å². The summed E-state index contributed by atoms with van der Waals surface area (Å²) in [5.41, 5.74) is 2.01. The molecule has 1 unspecified atom stereocenters. The van der Waals surface area contributed by atoms with Crippen LogP contribution < -0.4 is 10.6 Å². The van der Waals surface area contributed by atoms with E-state index in [1.807, 2.05) is 0 Å². The van der Waals surface area contributed by atoms with Gasteiger partial charge in [-0.25, -0.2) is 4.39 Å². The van der Waals surface area contributed by atoms with Crippen molar-refractivity contribution in [2.75, 3.05) is 24.2 Å². The molecule has 2 amide bonds. The first-order chi connectivity index (χ1) is 14.4. The van der Waals surface area contributed by atoms with Crippen LogP contribution in [-0.4, -0.2) is 36.3 Å². The molecule has 0 bridgehead atoms. The van der Waals surface area contributed by atoms with Crippen molar-refractivity contribution in [1.29, 1.82) is 5.26 Å². The highest BCUT2D eigenvalue weighted by atomic mass is 32.1. The van der Waals surface area contributed by atoms with Gasteiger partial charge in [-0.2, -0.15) is 5.26 Å². The molecule has 0 aliphatic heterocycles. The topological polar surface area (TPSA) is 85.2 Å². The van der Waals surface area contributed by atoms with Gasteiger partial charge in [0.05, 0.1) is 18.2 Å². The normalized spacial score (nSPS) is 14.4. The lowest BCUT2D eigenvalue weighted by atomic mass is 10.1. The first kappa shape index (κ1) is 21.9. The second-order valence-electron chi connectivity index (χ2n) is 7.52. The van der Waals surface area contributed by atoms with Gasteiger partial charge in [-0.1, -0.05) is 12.5 Å². The summed E-state index contributed by atoms with van der Waals surface area (Å²) in [7, 11) is 1.67. The van der Waals surface area contributed by atoms with Gasteiger partial charge in [-0.3, -0.25) is 14.5 Å². The van der Waals surface area contributed by atoms with Gasteiger partial charge >= 0.3 is 0 Å². The van der Waals surface area contributed by atoms with Crippen molar-refractivity contribution in [2.45, 2.75) is 45.1 Å². The molecule has 0 fully saturated rings. The Labute approximate surface area is 179 Å². The van der Waals surface area contributed by atoms with E-state index in [2.05, 4.69) is 16.7 Å². The van der Waals surface area contributed by atoms with E-state index < -0.39 is 11.9 Å². The first-order valence-corrected chi connectivity index (χ1v) is 10.8. The van der Waals surface area contributed by atoms with Gasteiger partial charge in [-0.05, 0) is 63.4 Å². The van der Waals surface area contributed by atoms with E-state index in [0.29, 0.717) is 16.3 Å². The third kappa shape index (κ3) is 5.23. The van der Waals surface area contributed by atoms with Gasteiger partial charge in [0.15, 0.2) is 0 Å². The minimum absolute atomic E-state index is 0.0306. The fourth-order valence-corrected chi connectivity index (χ4v) is 4.74. The average molecular weight is 429 g/mol. The Balaban J connectivity index is 1.61. The third-order valence-electron chi connectivity index (χ3n) is 5.31. The Morgan fingerprint density at radius 2 is 2.03 bits per heavy atom. The molecule has 1 atom stereocenters. The van der Waals surface area contributed by atoms with E-state index in [1.54, 1.807) is 24.9 Å². The van der Waals surface area contributed by atoms with Crippen LogP contribution in [0.5, 0.6) is 0 Å². The SMILES string of the molecule is CC(C(=O)Nc1sc2c(c1C#N)CCCCC2)N(C)CC(=O)Nc1cccc(F)c1. The van der Waals surface area contributed by atoms with E-state index in [4.69, 9.17) is 0 Å². The quantitative estimate of drug-likeness (QED) is 0.683. The third-order valence-corrected chi connectivity index (χ3v) is 6.52. The van der Waals surface area contributed by atoms with Crippen molar-refractivity contribution < 1.29 is 14.0 Å². The lowest BCUT2D eigenvalue weighted by Gasteiger charge is -2.23. The number of anilines is 2. The second kappa shape index (κ2) is 9.83. The fourth-order valence-electron chi connectivity index (χ4n) is 3.50. The van der Waals surface area contributed by atoms with Crippen LogP contribution in [-0.2, 0) is 22.4 Å². The molecular weight excluding hydrogens is 403 g/mol. The summed E-state index contributed by atoms with van der Waals surface area (Å²) >= 11 is 1.49. The summed E-state index contributed by atoms with van der Waals surface area (Å²) in [5, 5.41) is 15.7. The van der Waals surface area contributed by atoms with Crippen LogP contribution in [0.25, 0.3) is 0 Å². The number of thiophene rings is 1. The number of amides is 2. The standard InChI is InChI=1S/C22H25FN4O2S/c1-14(27(2)13-20(28)25-16-8-6-7-15(23)11-16)21(29)26-22-18(12-24)17-9-4-3-5-10-19(17)30-22/h6-8,11,14H,3-5,9-10,13H2,1-2H3,(H,25,28)(H,26,29). The average Bonchev–Trinajstić information content (AvgIpc) is 2.86. The van der Waals surface area contributed by atoms with E-state index in [0.717, 1.165) is 37.7 Å². The largest absolute Gasteiger partial charge is 0.325 e. The van der Waals surface area contributed by atoms with Gasteiger partial charge in [0.25, 0.3) is 0 Å². The van der Waals surface area contributed by atoms with Crippen molar-refractivity contribution in [3.8, 4) is 6.07 Å². The molecule has 0 saturated carbocycles. The molecule has 0 saturated heterocycles. The minimum atomic E-state index is -0.586. The summed E-state index contributed by atoms with van der Waals surface area (Å²) in [5.74, 6) is -1.05. The van der Waals surface area contributed by atoms with Crippen LogP contribution in [0.2, 0.25) is 0 Å². The summed E-state index contributed by atoms with van der Waals surface area (Å²) in [6, 6.07) is 7.32. The highest BCUT2D eigenvalue weighted by molar-refractivity contribution is 7.16. The second-order valence-corrected chi connectivity index (χ2v) is 8.62. The van der Waals surface area contributed by atoms with Crippen molar-refractivity contribution >= 4 is 33.8 Å². The minimum Gasteiger partial charge on any atom is -0.325 e. The van der Waals surface area contributed by atoms with Crippen LogP contribution in [0.15, 0.2) is 24.3 Å². The number of aryl methyl sites for hydroxylation is 1. The van der Waals surface area contributed by atoms with Gasteiger partial charge in [-0.15, -0.1) is 11.3 Å². The van der Waals surface area contributed by atoms with Crippen LogP contribution in [0.1, 0.15) is 42.2 Å². The van der Waals surface area contributed by atoms with Gasteiger partial charge < -0.3 is 10.6 Å². The van der Waals surface area contributed by atoms with Crippen molar-refractivity contribution in [1.82, 2.24) is 4.90 Å². The van der Waals surface area contributed by atoms with E-state index in [-0.39, 0.29) is 18.4 Å². The maximum Gasteiger partial charge on any atom is 0.242 e. The Hall–Kier alpha value is -2.76. The van der Waals surface area contributed by atoms with Gasteiger partial charge in [0, 0.05) is 10.6 Å². The summed E-state index contributed by atoms with van der Waals surface area (Å²) in [4.78, 5) is 27.8. The Bertz CT molecular complexity index is 982. The van der Waals surface area contributed by atoms with Gasteiger partial charge in [0.1, 0.15) is 16.9 Å². The van der Waals surface area contributed by atoms with E-state index >= 15 is 0 Å². The number of nitrogens with one attached hydrogen (secondary N) is 2. The van der Waals surface area contributed by atoms with Crippen LogP contribution in [0.3, 0.4) is 0 Å². The molecule has 158 valence electrons. The molecule has 0 radical (unpaired) electrons.